The first-order valence-electron chi connectivity index (χ1n) is 12.1. The fourth-order valence-electron chi connectivity index (χ4n) is 4.02. The highest BCUT2D eigenvalue weighted by Crippen LogP contribution is 2.40. The number of nitriles is 1. The maximum atomic E-state index is 13.6. The molecule has 4 rings (SSSR count). The Hall–Kier alpha value is -4.47. The third-order valence-corrected chi connectivity index (χ3v) is 5.97. The van der Waals surface area contributed by atoms with Crippen molar-refractivity contribution in [3.63, 3.8) is 0 Å². The van der Waals surface area contributed by atoms with Gasteiger partial charge < -0.3 is 20.2 Å². The molecule has 1 atom stereocenters. The van der Waals surface area contributed by atoms with Crippen molar-refractivity contribution in [2.24, 2.45) is 0 Å². The topological polar surface area (TPSA) is 123 Å². The maximum Gasteiger partial charge on any atom is 0.405 e. The zero-order chi connectivity index (χ0) is 29.2. The lowest BCUT2D eigenvalue weighted by Crippen LogP contribution is -2.42. The summed E-state index contributed by atoms with van der Waals surface area (Å²) in [5.74, 6) is -1.07. The minimum absolute atomic E-state index is 0.0679. The number of furan rings is 1. The van der Waals surface area contributed by atoms with Crippen LogP contribution in [0.5, 0.6) is 0 Å². The van der Waals surface area contributed by atoms with Crippen LogP contribution >= 0.6 is 0 Å². The molecule has 1 amide bonds. The predicted octanol–water partition coefficient (Wildman–Crippen LogP) is 5.52. The van der Waals surface area contributed by atoms with Crippen LogP contribution in [0.1, 0.15) is 36.0 Å². The van der Waals surface area contributed by atoms with E-state index in [1.807, 2.05) is 6.07 Å². The van der Waals surface area contributed by atoms with Gasteiger partial charge in [0.25, 0.3) is 5.91 Å². The summed E-state index contributed by atoms with van der Waals surface area (Å²) in [4.78, 5) is 17.1. The first-order chi connectivity index (χ1) is 18.8. The number of hydrogen-bond donors (Lipinski definition) is 4. The molecule has 40 heavy (non-hydrogen) atoms. The SMILES string of the molecule is CNC(O)c1c(-c2ccc(F)cc2)oc2nc(NCC(F)(F)F)c(-c3cccc(C(=O)NC(C)(C)C#N)c3)cc12. The summed E-state index contributed by atoms with van der Waals surface area (Å²) in [5.41, 5.74) is 0.134. The molecular formula is C28H25F4N5O3. The maximum absolute atomic E-state index is 13.6. The molecule has 208 valence electrons. The van der Waals surface area contributed by atoms with E-state index < -0.39 is 36.2 Å². The van der Waals surface area contributed by atoms with Crippen LogP contribution in [-0.4, -0.2) is 41.3 Å². The number of halogens is 4. The summed E-state index contributed by atoms with van der Waals surface area (Å²) >= 11 is 0. The van der Waals surface area contributed by atoms with Gasteiger partial charge in [-0.15, -0.1) is 0 Å². The van der Waals surface area contributed by atoms with Crippen molar-refractivity contribution >= 4 is 22.8 Å². The van der Waals surface area contributed by atoms with E-state index >= 15 is 0 Å². The quantitative estimate of drug-likeness (QED) is 0.167. The Kier molecular flexibility index (Phi) is 7.81. The van der Waals surface area contributed by atoms with Crippen molar-refractivity contribution in [2.45, 2.75) is 31.8 Å². The van der Waals surface area contributed by atoms with Crippen LogP contribution in [0.3, 0.4) is 0 Å². The molecular weight excluding hydrogens is 530 g/mol. The number of nitrogens with zero attached hydrogens (tertiary/aromatic N) is 2. The molecule has 4 aromatic rings. The predicted molar refractivity (Wildman–Crippen MR) is 141 cm³/mol. The monoisotopic (exact) mass is 555 g/mol. The van der Waals surface area contributed by atoms with Gasteiger partial charge in [-0.2, -0.15) is 23.4 Å². The Bertz CT molecular complexity index is 1590. The van der Waals surface area contributed by atoms with E-state index in [0.29, 0.717) is 11.1 Å². The fourth-order valence-corrected chi connectivity index (χ4v) is 4.02. The van der Waals surface area contributed by atoms with E-state index in [0.717, 1.165) is 0 Å². The number of fused-ring (bicyclic) bond motifs is 1. The molecule has 0 aliphatic rings. The molecule has 12 heteroatoms. The molecule has 0 aliphatic carbocycles. The Morgan fingerprint density at radius 3 is 2.45 bits per heavy atom. The van der Waals surface area contributed by atoms with Gasteiger partial charge in [-0.3, -0.25) is 10.1 Å². The number of aliphatic hydroxyl groups is 1. The number of amides is 1. The van der Waals surface area contributed by atoms with E-state index in [-0.39, 0.29) is 39.4 Å². The second-order valence-corrected chi connectivity index (χ2v) is 9.52. The van der Waals surface area contributed by atoms with Gasteiger partial charge in [-0.05, 0) is 68.9 Å². The van der Waals surface area contributed by atoms with E-state index in [1.54, 1.807) is 12.1 Å². The Morgan fingerprint density at radius 1 is 1.12 bits per heavy atom. The summed E-state index contributed by atoms with van der Waals surface area (Å²) in [7, 11) is 1.50. The number of aromatic nitrogens is 1. The molecule has 2 aromatic heterocycles. The van der Waals surface area contributed by atoms with Crippen molar-refractivity contribution in [1.82, 2.24) is 15.6 Å². The first-order valence-corrected chi connectivity index (χ1v) is 12.1. The summed E-state index contributed by atoms with van der Waals surface area (Å²) < 4.78 is 58.9. The van der Waals surface area contributed by atoms with Crippen molar-refractivity contribution in [1.29, 1.82) is 5.26 Å². The summed E-state index contributed by atoms with van der Waals surface area (Å²) in [5, 5.41) is 27.9. The van der Waals surface area contributed by atoms with Gasteiger partial charge >= 0.3 is 6.18 Å². The molecule has 2 aromatic carbocycles. The second kappa shape index (κ2) is 11.0. The van der Waals surface area contributed by atoms with E-state index in [2.05, 4.69) is 20.9 Å². The lowest BCUT2D eigenvalue weighted by molar-refractivity contribution is -0.115. The number of anilines is 1. The molecule has 8 nitrogen and oxygen atoms in total. The fraction of sp³-hybridized carbons (Fsp3) is 0.250. The number of carbonyl (C=O) groups is 1. The normalized spacial score (nSPS) is 12.7. The number of rotatable bonds is 8. The van der Waals surface area contributed by atoms with Crippen molar-refractivity contribution < 1.29 is 31.9 Å². The average molecular weight is 556 g/mol. The second-order valence-electron chi connectivity index (χ2n) is 9.52. The molecule has 0 bridgehead atoms. The smallest absolute Gasteiger partial charge is 0.405 e. The van der Waals surface area contributed by atoms with Gasteiger partial charge in [-0.1, -0.05) is 12.1 Å². The van der Waals surface area contributed by atoms with Crippen LogP contribution in [0.25, 0.3) is 33.6 Å². The number of aliphatic hydroxyl groups excluding tert-OH is 1. The van der Waals surface area contributed by atoms with Gasteiger partial charge in [0.2, 0.25) is 5.71 Å². The zero-order valence-electron chi connectivity index (χ0n) is 21.7. The average Bonchev–Trinajstić information content (AvgIpc) is 3.29. The van der Waals surface area contributed by atoms with Crippen LogP contribution in [0, 0.1) is 17.1 Å². The number of benzene rings is 2. The molecule has 4 N–H and O–H groups in total. The van der Waals surface area contributed by atoms with E-state index in [4.69, 9.17) is 4.42 Å². The summed E-state index contributed by atoms with van der Waals surface area (Å²) in [6.07, 6.45) is -5.83. The summed E-state index contributed by atoms with van der Waals surface area (Å²) in [6.45, 7) is 1.66. The third-order valence-electron chi connectivity index (χ3n) is 5.97. The number of pyridine rings is 1. The zero-order valence-corrected chi connectivity index (χ0v) is 21.7. The third kappa shape index (κ3) is 6.22. The summed E-state index contributed by atoms with van der Waals surface area (Å²) in [6, 6.07) is 14.9. The standard InChI is InChI=1S/C28H25F4N5O3/c1-27(2,13-33)37-24(38)17-6-4-5-16(11-17)19-12-20-21(25(39)34-3)22(15-7-9-18(29)10-8-15)40-26(20)36-23(19)35-14-28(30,31)32/h4-12,25,34,39H,14H2,1-3H3,(H,35,36)(H,37,38). The molecule has 0 spiro atoms. The lowest BCUT2D eigenvalue weighted by atomic mass is 9.99. The van der Waals surface area contributed by atoms with Gasteiger partial charge in [0.1, 0.15) is 35.7 Å². The van der Waals surface area contributed by atoms with Crippen molar-refractivity contribution in [2.75, 3.05) is 18.9 Å². The molecule has 0 saturated heterocycles. The minimum Gasteiger partial charge on any atom is -0.437 e. The Balaban J connectivity index is 1.92. The van der Waals surface area contributed by atoms with Gasteiger partial charge in [-0.25, -0.2) is 4.39 Å². The number of hydrogen-bond acceptors (Lipinski definition) is 7. The molecule has 1 unspecified atom stereocenters. The molecule has 0 radical (unpaired) electrons. The lowest BCUT2D eigenvalue weighted by Gasteiger charge is -2.18. The van der Waals surface area contributed by atoms with Crippen molar-refractivity contribution in [3.05, 3.63) is 71.5 Å². The van der Waals surface area contributed by atoms with Crippen molar-refractivity contribution in [3.8, 4) is 28.5 Å². The molecule has 0 saturated carbocycles. The van der Waals surface area contributed by atoms with Crippen LogP contribution < -0.4 is 16.0 Å². The van der Waals surface area contributed by atoms with E-state index in [9.17, 15) is 32.7 Å². The van der Waals surface area contributed by atoms with Crippen LogP contribution in [-0.2, 0) is 0 Å². The minimum atomic E-state index is -4.56. The number of nitrogens with one attached hydrogen (secondary N) is 3. The van der Waals surface area contributed by atoms with Crippen LogP contribution in [0.4, 0.5) is 23.4 Å². The highest BCUT2D eigenvalue weighted by atomic mass is 19.4. The Labute approximate surface area is 226 Å². The molecule has 2 heterocycles. The Morgan fingerprint density at radius 2 is 1.82 bits per heavy atom. The van der Waals surface area contributed by atoms with Gasteiger partial charge in [0.05, 0.1) is 11.6 Å². The highest BCUT2D eigenvalue weighted by Gasteiger charge is 2.29. The molecule has 0 fully saturated rings. The van der Waals surface area contributed by atoms with Crippen LogP contribution in [0.2, 0.25) is 0 Å². The number of alkyl halides is 3. The van der Waals surface area contributed by atoms with Crippen LogP contribution in [0.15, 0.2) is 59.0 Å². The molecule has 0 aliphatic heterocycles. The first kappa shape index (κ1) is 28.5. The number of carbonyl (C=O) groups excluding carboxylic acids is 1. The highest BCUT2D eigenvalue weighted by molar-refractivity contribution is 5.98. The van der Waals surface area contributed by atoms with E-state index in [1.165, 1.54) is 63.4 Å². The largest absolute Gasteiger partial charge is 0.437 e. The van der Waals surface area contributed by atoms with Gasteiger partial charge in [0.15, 0.2) is 0 Å². The van der Waals surface area contributed by atoms with Gasteiger partial charge in [0, 0.05) is 22.1 Å².